The first kappa shape index (κ1) is 14.8. The summed E-state index contributed by atoms with van der Waals surface area (Å²) in [6.07, 6.45) is 4.97. The van der Waals surface area contributed by atoms with Gasteiger partial charge in [-0.25, -0.2) is 0 Å². The molecule has 0 saturated heterocycles. The van der Waals surface area contributed by atoms with Gasteiger partial charge in [0.25, 0.3) is 0 Å². The average Bonchev–Trinajstić information content (AvgIpc) is 2.88. The Morgan fingerprint density at radius 3 is 2.50 bits per heavy atom. The van der Waals surface area contributed by atoms with E-state index in [0.29, 0.717) is 23.8 Å². The van der Waals surface area contributed by atoms with Gasteiger partial charge in [0.1, 0.15) is 0 Å². The lowest BCUT2D eigenvalue weighted by Crippen LogP contribution is -2.18. The van der Waals surface area contributed by atoms with Gasteiger partial charge in [-0.2, -0.15) is 15.0 Å². The maximum atomic E-state index is 5.13. The second-order valence-corrected chi connectivity index (χ2v) is 5.45. The molecule has 1 fully saturated rings. The van der Waals surface area contributed by atoms with Crippen molar-refractivity contribution in [2.45, 2.75) is 39.5 Å². The summed E-state index contributed by atoms with van der Waals surface area (Å²) in [5.41, 5.74) is 0. The fourth-order valence-corrected chi connectivity index (χ4v) is 2.59. The van der Waals surface area contributed by atoms with E-state index in [1.807, 2.05) is 0 Å². The van der Waals surface area contributed by atoms with Gasteiger partial charge in [-0.05, 0) is 24.7 Å². The van der Waals surface area contributed by atoms with Gasteiger partial charge in [0.05, 0.1) is 7.11 Å². The lowest BCUT2D eigenvalue weighted by atomic mass is 9.98. The molecule has 0 aromatic carbocycles. The van der Waals surface area contributed by atoms with Crippen molar-refractivity contribution in [1.82, 2.24) is 15.0 Å². The van der Waals surface area contributed by atoms with Gasteiger partial charge in [-0.15, -0.1) is 0 Å². The van der Waals surface area contributed by atoms with Crippen molar-refractivity contribution >= 4 is 11.9 Å². The molecule has 1 aliphatic rings. The van der Waals surface area contributed by atoms with Crippen LogP contribution in [0.25, 0.3) is 0 Å². The molecule has 2 unspecified atom stereocenters. The summed E-state index contributed by atoms with van der Waals surface area (Å²) in [6, 6.07) is 0.348. The zero-order valence-corrected chi connectivity index (χ0v) is 12.6. The van der Waals surface area contributed by atoms with Crippen LogP contribution in [0.15, 0.2) is 0 Å². The number of anilines is 2. The van der Waals surface area contributed by atoms with Crippen LogP contribution in [0.3, 0.4) is 0 Å². The second kappa shape index (κ2) is 7.26. The first-order valence-electron chi connectivity index (χ1n) is 7.50. The molecule has 2 atom stereocenters. The van der Waals surface area contributed by atoms with Gasteiger partial charge in [0, 0.05) is 13.1 Å². The van der Waals surface area contributed by atoms with Crippen LogP contribution >= 0.6 is 0 Å². The Bertz CT molecular complexity index is 426. The molecule has 2 N–H and O–H groups in total. The highest BCUT2D eigenvalue weighted by atomic mass is 16.5. The Hall–Kier alpha value is -1.59. The van der Waals surface area contributed by atoms with E-state index in [9.17, 15) is 0 Å². The largest absolute Gasteiger partial charge is 0.467 e. The van der Waals surface area contributed by atoms with Crippen LogP contribution in [-0.4, -0.2) is 35.2 Å². The minimum atomic E-state index is 0.348. The van der Waals surface area contributed by atoms with E-state index in [1.165, 1.54) is 19.3 Å². The molecule has 1 saturated carbocycles. The Balaban J connectivity index is 1.98. The molecule has 6 heteroatoms. The van der Waals surface area contributed by atoms with E-state index >= 15 is 0 Å². The number of nitrogens with zero attached hydrogens (tertiary/aromatic N) is 3. The molecule has 6 nitrogen and oxygen atoms in total. The standard InChI is InChI=1S/C14H25N5O/c1-4-8-15-12-17-13(19-14(18-12)20-3)16-9-11-7-5-6-10(11)2/h10-11H,4-9H2,1-3H3,(H2,15,16,17,18,19). The van der Waals surface area contributed by atoms with E-state index in [-0.39, 0.29) is 0 Å². The highest BCUT2D eigenvalue weighted by molar-refractivity contribution is 5.35. The molecule has 20 heavy (non-hydrogen) atoms. The van der Waals surface area contributed by atoms with E-state index in [4.69, 9.17) is 4.74 Å². The number of nitrogens with one attached hydrogen (secondary N) is 2. The van der Waals surface area contributed by atoms with Crippen molar-refractivity contribution in [2.24, 2.45) is 11.8 Å². The molecule has 0 aliphatic heterocycles. The van der Waals surface area contributed by atoms with Crippen LogP contribution in [0.2, 0.25) is 0 Å². The molecule has 0 bridgehead atoms. The number of hydrogen-bond donors (Lipinski definition) is 2. The van der Waals surface area contributed by atoms with Crippen LogP contribution in [0.4, 0.5) is 11.9 Å². The van der Waals surface area contributed by atoms with E-state index in [0.717, 1.165) is 25.4 Å². The van der Waals surface area contributed by atoms with E-state index in [2.05, 4.69) is 39.4 Å². The van der Waals surface area contributed by atoms with Gasteiger partial charge in [-0.3, -0.25) is 0 Å². The third-order valence-corrected chi connectivity index (χ3v) is 3.89. The van der Waals surface area contributed by atoms with Crippen LogP contribution in [0.5, 0.6) is 6.01 Å². The lowest BCUT2D eigenvalue weighted by molar-refractivity contribution is 0.379. The van der Waals surface area contributed by atoms with Gasteiger partial charge in [0.15, 0.2) is 0 Å². The number of rotatable bonds is 7. The van der Waals surface area contributed by atoms with Crippen molar-refractivity contribution in [1.29, 1.82) is 0 Å². The molecule has 1 aliphatic carbocycles. The third kappa shape index (κ3) is 3.95. The summed E-state index contributed by atoms with van der Waals surface area (Å²) in [4.78, 5) is 12.8. The van der Waals surface area contributed by atoms with Gasteiger partial charge in [0.2, 0.25) is 11.9 Å². The maximum Gasteiger partial charge on any atom is 0.322 e. The monoisotopic (exact) mass is 279 g/mol. The van der Waals surface area contributed by atoms with Crippen molar-refractivity contribution < 1.29 is 4.74 Å². The zero-order chi connectivity index (χ0) is 14.4. The van der Waals surface area contributed by atoms with Crippen molar-refractivity contribution in [3.63, 3.8) is 0 Å². The number of hydrogen-bond acceptors (Lipinski definition) is 6. The Kier molecular flexibility index (Phi) is 5.38. The summed E-state index contributed by atoms with van der Waals surface area (Å²) in [7, 11) is 1.57. The van der Waals surface area contributed by atoms with Crippen LogP contribution in [-0.2, 0) is 0 Å². The highest BCUT2D eigenvalue weighted by Crippen LogP contribution is 2.31. The summed E-state index contributed by atoms with van der Waals surface area (Å²) >= 11 is 0. The molecule has 0 amide bonds. The summed E-state index contributed by atoms with van der Waals surface area (Å²) in [5.74, 6) is 2.66. The van der Waals surface area contributed by atoms with E-state index in [1.54, 1.807) is 7.11 Å². The summed E-state index contributed by atoms with van der Waals surface area (Å²) in [5, 5.41) is 6.49. The first-order valence-corrected chi connectivity index (χ1v) is 7.50. The lowest BCUT2D eigenvalue weighted by Gasteiger charge is -2.16. The first-order chi connectivity index (χ1) is 9.72. The topological polar surface area (TPSA) is 72.0 Å². The second-order valence-electron chi connectivity index (χ2n) is 5.45. The quantitative estimate of drug-likeness (QED) is 0.799. The Labute approximate surface area is 120 Å². The zero-order valence-electron chi connectivity index (χ0n) is 12.6. The number of aromatic nitrogens is 3. The molecular weight excluding hydrogens is 254 g/mol. The third-order valence-electron chi connectivity index (χ3n) is 3.89. The average molecular weight is 279 g/mol. The fraction of sp³-hybridized carbons (Fsp3) is 0.786. The molecule has 2 rings (SSSR count). The summed E-state index contributed by atoms with van der Waals surface area (Å²) < 4.78 is 5.13. The SMILES string of the molecule is CCCNc1nc(NCC2CCCC2C)nc(OC)n1. The number of methoxy groups -OCH3 is 1. The number of ether oxygens (including phenoxy) is 1. The Morgan fingerprint density at radius 2 is 1.90 bits per heavy atom. The predicted molar refractivity (Wildman–Crippen MR) is 80.2 cm³/mol. The van der Waals surface area contributed by atoms with Crippen LogP contribution in [0.1, 0.15) is 39.5 Å². The molecule has 1 heterocycles. The van der Waals surface area contributed by atoms with Gasteiger partial charge < -0.3 is 15.4 Å². The highest BCUT2D eigenvalue weighted by Gasteiger charge is 2.23. The summed E-state index contributed by atoms with van der Waals surface area (Å²) in [6.45, 7) is 6.18. The van der Waals surface area contributed by atoms with Crippen molar-refractivity contribution in [3.8, 4) is 6.01 Å². The van der Waals surface area contributed by atoms with E-state index < -0.39 is 0 Å². The van der Waals surface area contributed by atoms with Crippen LogP contribution < -0.4 is 15.4 Å². The van der Waals surface area contributed by atoms with Crippen LogP contribution in [0, 0.1) is 11.8 Å². The molecule has 0 spiro atoms. The predicted octanol–water partition coefficient (Wildman–Crippen LogP) is 2.55. The molecular formula is C14H25N5O. The maximum absolute atomic E-state index is 5.13. The van der Waals surface area contributed by atoms with Crippen molar-refractivity contribution in [2.75, 3.05) is 30.8 Å². The van der Waals surface area contributed by atoms with Gasteiger partial charge in [-0.1, -0.05) is 26.7 Å². The molecule has 0 radical (unpaired) electrons. The minimum Gasteiger partial charge on any atom is -0.467 e. The normalized spacial score (nSPS) is 21.8. The molecule has 112 valence electrons. The smallest absolute Gasteiger partial charge is 0.322 e. The van der Waals surface area contributed by atoms with Crippen molar-refractivity contribution in [3.05, 3.63) is 0 Å². The molecule has 1 aromatic heterocycles. The molecule has 1 aromatic rings. The minimum absolute atomic E-state index is 0.348. The van der Waals surface area contributed by atoms with Gasteiger partial charge >= 0.3 is 6.01 Å². The Morgan fingerprint density at radius 1 is 1.15 bits per heavy atom. The fourth-order valence-electron chi connectivity index (χ4n) is 2.59.